The van der Waals surface area contributed by atoms with Gasteiger partial charge in [-0.25, -0.2) is 9.97 Å². The maximum absolute atomic E-state index is 9.26. The van der Waals surface area contributed by atoms with E-state index in [0.29, 0.717) is 16.5 Å². The summed E-state index contributed by atoms with van der Waals surface area (Å²) in [7, 11) is 0. The van der Waals surface area contributed by atoms with Gasteiger partial charge < -0.3 is 5.32 Å². The van der Waals surface area contributed by atoms with Crippen molar-refractivity contribution < 1.29 is 0 Å². The minimum absolute atomic E-state index is 0.454. The molecule has 102 valence electrons. The van der Waals surface area contributed by atoms with Gasteiger partial charge in [0.15, 0.2) is 0 Å². The van der Waals surface area contributed by atoms with Gasteiger partial charge in [0.2, 0.25) is 0 Å². The zero-order chi connectivity index (χ0) is 14.5. The number of nitrogens with zero attached hydrogens (tertiary/aromatic N) is 3. The highest BCUT2D eigenvalue weighted by molar-refractivity contribution is 6.30. The van der Waals surface area contributed by atoms with Gasteiger partial charge in [-0.3, -0.25) is 0 Å². The topological polar surface area (TPSA) is 61.6 Å². The van der Waals surface area contributed by atoms with Crippen molar-refractivity contribution in [1.82, 2.24) is 9.97 Å². The number of nitrogens with one attached hydrogen (secondary N) is 1. The highest BCUT2D eigenvalue weighted by Gasteiger charge is 2.12. The second kappa shape index (κ2) is 6.36. The molecule has 0 unspecified atom stereocenters. The monoisotopic (exact) mass is 286 g/mol. The van der Waals surface area contributed by atoms with E-state index >= 15 is 0 Å². The quantitative estimate of drug-likeness (QED) is 0.863. The van der Waals surface area contributed by atoms with Crippen molar-refractivity contribution in [2.45, 2.75) is 26.7 Å². The van der Waals surface area contributed by atoms with E-state index in [0.717, 1.165) is 29.7 Å². The number of aromatic nitrogens is 2. The zero-order valence-corrected chi connectivity index (χ0v) is 12.2. The van der Waals surface area contributed by atoms with E-state index in [1.807, 2.05) is 25.1 Å². The smallest absolute Gasteiger partial charge is 0.138 e. The number of hydrogen-bond donors (Lipinski definition) is 1. The van der Waals surface area contributed by atoms with Crippen LogP contribution >= 0.6 is 11.6 Å². The minimum Gasteiger partial charge on any atom is -0.339 e. The summed E-state index contributed by atoms with van der Waals surface area (Å²) in [5.74, 6) is 0.661. The molecule has 1 N–H and O–H groups in total. The molecule has 4 nitrogen and oxygen atoms in total. The van der Waals surface area contributed by atoms with Gasteiger partial charge in [-0.15, -0.1) is 0 Å². The Bertz CT molecular complexity index is 661. The molecule has 1 heterocycles. The molecular weight excluding hydrogens is 272 g/mol. The Labute approximate surface area is 123 Å². The van der Waals surface area contributed by atoms with Crippen molar-refractivity contribution in [2.24, 2.45) is 0 Å². The molecule has 0 bridgehead atoms. The minimum atomic E-state index is 0.454. The van der Waals surface area contributed by atoms with E-state index < -0.39 is 0 Å². The zero-order valence-electron chi connectivity index (χ0n) is 11.4. The summed E-state index contributed by atoms with van der Waals surface area (Å²) >= 11 is 6.12. The molecule has 0 fully saturated rings. The molecular formula is C15H15ClN4. The molecule has 5 heteroatoms. The lowest BCUT2D eigenvalue weighted by Crippen LogP contribution is -2.03. The van der Waals surface area contributed by atoms with E-state index in [9.17, 15) is 5.26 Å². The second-order valence-corrected chi connectivity index (χ2v) is 4.83. The average molecular weight is 287 g/mol. The van der Waals surface area contributed by atoms with Crippen LogP contribution in [0.5, 0.6) is 0 Å². The van der Waals surface area contributed by atoms with E-state index in [4.69, 9.17) is 11.6 Å². The fraction of sp³-hybridized carbons (Fsp3) is 0.267. The number of benzene rings is 1. The molecule has 1 aromatic carbocycles. The summed E-state index contributed by atoms with van der Waals surface area (Å²) in [6.07, 6.45) is 3.15. The Balaban J connectivity index is 2.43. The van der Waals surface area contributed by atoms with Gasteiger partial charge in [0.25, 0.3) is 0 Å². The van der Waals surface area contributed by atoms with Crippen molar-refractivity contribution in [3.8, 4) is 6.07 Å². The van der Waals surface area contributed by atoms with E-state index in [1.54, 1.807) is 0 Å². The Morgan fingerprint density at radius 2 is 2.15 bits per heavy atom. The molecule has 0 amide bonds. The van der Waals surface area contributed by atoms with Gasteiger partial charge in [0.05, 0.1) is 11.3 Å². The van der Waals surface area contributed by atoms with E-state index in [2.05, 4.69) is 28.3 Å². The Hall–Kier alpha value is -2.12. The summed E-state index contributed by atoms with van der Waals surface area (Å²) in [5, 5.41) is 12.9. The van der Waals surface area contributed by atoms with Crippen LogP contribution in [0.1, 0.15) is 30.0 Å². The molecule has 0 aliphatic carbocycles. The van der Waals surface area contributed by atoms with Gasteiger partial charge in [-0.2, -0.15) is 5.26 Å². The number of aryl methyl sites for hydroxylation is 1. The van der Waals surface area contributed by atoms with Gasteiger partial charge in [0.1, 0.15) is 23.4 Å². The van der Waals surface area contributed by atoms with Gasteiger partial charge in [0, 0.05) is 5.56 Å². The summed E-state index contributed by atoms with van der Waals surface area (Å²) in [6.45, 7) is 3.98. The first kappa shape index (κ1) is 14.3. The maximum atomic E-state index is 9.26. The van der Waals surface area contributed by atoms with Crippen molar-refractivity contribution in [1.29, 1.82) is 5.26 Å². The molecule has 0 saturated carbocycles. The van der Waals surface area contributed by atoms with Crippen LogP contribution in [0, 0.1) is 18.3 Å². The summed E-state index contributed by atoms with van der Waals surface area (Å²) in [4.78, 5) is 8.25. The van der Waals surface area contributed by atoms with Crippen molar-refractivity contribution >= 4 is 23.1 Å². The van der Waals surface area contributed by atoms with Gasteiger partial charge in [-0.1, -0.05) is 37.1 Å². The van der Waals surface area contributed by atoms with Crippen LogP contribution < -0.4 is 5.32 Å². The predicted octanol–water partition coefficient (Wildman–Crippen LogP) is 4.01. The standard InChI is InChI=1S/C15H15ClN4/c1-3-5-11-14(16)18-9-19-15(11)20-13-7-4-6-10(2)12(13)8-17/h4,6-7,9H,3,5H2,1-2H3,(H,18,19,20). The molecule has 0 atom stereocenters. The second-order valence-electron chi connectivity index (χ2n) is 4.48. The van der Waals surface area contributed by atoms with Crippen LogP contribution in [0.15, 0.2) is 24.5 Å². The lowest BCUT2D eigenvalue weighted by molar-refractivity contribution is 0.904. The van der Waals surface area contributed by atoms with E-state index in [1.165, 1.54) is 6.33 Å². The number of halogens is 1. The van der Waals surface area contributed by atoms with Crippen molar-refractivity contribution in [3.63, 3.8) is 0 Å². The normalized spacial score (nSPS) is 10.1. The molecule has 1 aromatic heterocycles. The fourth-order valence-electron chi connectivity index (χ4n) is 2.02. The lowest BCUT2D eigenvalue weighted by atomic mass is 10.1. The first-order valence-corrected chi connectivity index (χ1v) is 6.81. The Morgan fingerprint density at radius 3 is 2.85 bits per heavy atom. The fourth-order valence-corrected chi connectivity index (χ4v) is 2.25. The third kappa shape index (κ3) is 2.89. The number of anilines is 2. The SMILES string of the molecule is CCCc1c(Cl)ncnc1Nc1cccc(C)c1C#N. The van der Waals surface area contributed by atoms with Gasteiger partial charge >= 0.3 is 0 Å². The highest BCUT2D eigenvalue weighted by Crippen LogP contribution is 2.27. The van der Waals surface area contributed by atoms with Crippen LogP contribution in [-0.4, -0.2) is 9.97 Å². The molecule has 0 aliphatic rings. The van der Waals surface area contributed by atoms with Crippen molar-refractivity contribution in [2.75, 3.05) is 5.32 Å². The third-order valence-corrected chi connectivity index (χ3v) is 3.36. The molecule has 0 saturated heterocycles. The molecule has 20 heavy (non-hydrogen) atoms. The Kier molecular flexibility index (Phi) is 4.54. The molecule has 2 rings (SSSR count). The number of nitriles is 1. The average Bonchev–Trinajstić information content (AvgIpc) is 2.43. The third-order valence-electron chi connectivity index (χ3n) is 3.03. The van der Waals surface area contributed by atoms with Crippen LogP contribution in [0.25, 0.3) is 0 Å². The Morgan fingerprint density at radius 1 is 1.35 bits per heavy atom. The number of hydrogen-bond acceptors (Lipinski definition) is 4. The van der Waals surface area contributed by atoms with Crippen LogP contribution in [-0.2, 0) is 6.42 Å². The molecule has 0 spiro atoms. The first-order valence-electron chi connectivity index (χ1n) is 6.43. The number of rotatable bonds is 4. The van der Waals surface area contributed by atoms with Gasteiger partial charge in [-0.05, 0) is 25.0 Å². The highest BCUT2D eigenvalue weighted by atomic mass is 35.5. The predicted molar refractivity (Wildman–Crippen MR) is 80.2 cm³/mol. The lowest BCUT2D eigenvalue weighted by Gasteiger charge is -2.13. The largest absolute Gasteiger partial charge is 0.339 e. The maximum Gasteiger partial charge on any atom is 0.138 e. The molecule has 0 aliphatic heterocycles. The molecule has 2 aromatic rings. The summed E-state index contributed by atoms with van der Waals surface area (Å²) in [6, 6.07) is 7.88. The molecule has 0 radical (unpaired) electrons. The van der Waals surface area contributed by atoms with Crippen LogP contribution in [0.3, 0.4) is 0 Å². The van der Waals surface area contributed by atoms with Crippen LogP contribution in [0.4, 0.5) is 11.5 Å². The summed E-state index contributed by atoms with van der Waals surface area (Å²) in [5.41, 5.74) is 3.15. The van der Waals surface area contributed by atoms with Crippen molar-refractivity contribution in [3.05, 3.63) is 46.4 Å². The van der Waals surface area contributed by atoms with E-state index in [-0.39, 0.29) is 0 Å². The summed E-state index contributed by atoms with van der Waals surface area (Å²) < 4.78 is 0. The first-order chi connectivity index (χ1) is 9.67. The van der Waals surface area contributed by atoms with Crippen LogP contribution in [0.2, 0.25) is 5.15 Å².